The molecule has 0 radical (unpaired) electrons. The zero-order valence-electron chi connectivity index (χ0n) is 15.2. The number of para-hydroxylation sites is 1. The first-order valence-electron chi connectivity index (χ1n) is 8.73. The Hall–Kier alpha value is -1.33. The quantitative estimate of drug-likeness (QED) is 0.335. The fourth-order valence-electron chi connectivity index (χ4n) is 2.91. The number of halogens is 1. The molecule has 9 heteroatoms. The summed E-state index contributed by atoms with van der Waals surface area (Å²) in [4.78, 5) is 5.68. The third kappa shape index (κ3) is 5.82. The van der Waals surface area contributed by atoms with Crippen molar-refractivity contribution >= 4 is 57.0 Å². The van der Waals surface area contributed by atoms with Crippen LogP contribution in [0.4, 0.5) is 5.69 Å². The number of nitrogens with zero attached hydrogens (tertiary/aromatic N) is 2. The zero-order valence-corrected chi connectivity index (χ0v) is 19.2. The van der Waals surface area contributed by atoms with Gasteiger partial charge in [-0.05, 0) is 36.4 Å². The maximum atomic E-state index is 12.7. The molecule has 27 heavy (non-hydrogen) atoms. The normalized spacial score (nSPS) is 13.8. The first-order valence-corrected chi connectivity index (χ1v) is 11.2. The van der Waals surface area contributed by atoms with Crippen molar-refractivity contribution in [3.63, 3.8) is 0 Å². The highest BCUT2D eigenvalue weighted by atomic mass is 127. The average Bonchev–Trinajstić information content (AvgIpc) is 3.29. The molecule has 0 atom stereocenters. The molecule has 0 aliphatic carbocycles. The topological polar surface area (TPSA) is 73.8 Å². The lowest BCUT2D eigenvalue weighted by molar-refractivity contribution is 0.591. The number of rotatable bonds is 7. The molecular weight excluding hydrogens is 495 g/mol. The molecule has 2 heterocycles. The van der Waals surface area contributed by atoms with E-state index in [0.29, 0.717) is 25.6 Å². The first kappa shape index (κ1) is 22.0. The van der Waals surface area contributed by atoms with Gasteiger partial charge in [0.1, 0.15) is 0 Å². The summed E-state index contributed by atoms with van der Waals surface area (Å²) in [5.74, 6) is 0.669. The summed E-state index contributed by atoms with van der Waals surface area (Å²) >= 11 is 1.66. The number of aliphatic imine (C=N–C) groups is 1. The Morgan fingerprint density at radius 1 is 1.22 bits per heavy atom. The van der Waals surface area contributed by atoms with Crippen LogP contribution in [0, 0.1) is 0 Å². The van der Waals surface area contributed by atoms with Crippen molar-refractivity contribution in [2.45, 2.75) is 19.9 Å². The minimum absolute atomic E-state index is 0. The van der Waals surface area contributed by atoms with Gasteiger partial charge in [0.15, 0.2) is 5.96 Å². The van der Waals surface area contributed by atoms with Crippen LogP contribution in [0.3, 0.4) is 0 Å². The smallest absolute Gasteiger partial charge is 0.236 e. The molecule has 6 nitrogen and oxygen atoms in total. The van der Waals surface area contributed by atoms with Crippen molar-refractivity contribution in [1.29, 1.82) is 0 Å². The predicted molar refractivity (Wildman–Crippen MR) is 124 cm³/mol. The minimum Gasteiger partial charge on any atom is -0.357 e. The second-order valence-corrected chi connectivity index (χ2v) is 9.01. The maximum Gasteiger partial charge on any atom is 0.236 e. The Bertz CT molecular complexity index is 854. The SMILES string of the molecule is CCNC(=NCc1cccs1)NCCS(=O)(=O)N1CCc2ccccc21.I. The molecule has 1 aromatic heterocycles. The second kappa shape index (κ2) is 10.3. The van der Waals surface area contributed by atoms with Gasteiger partial charge in [-0.3, -0.25) is 4.31 Å². The molecule has 0 amide bonds. The van der Waals surface area contributed by atoms with Crippen LogP contribution >= 0.6 is 35.3 Å². The van der Waals surface area contributed by atoms with Crippen molar-refractivity contribution in [3.8, 4) is 0 Å². The molecule has 2 N–H and O–H groups in total. The number of fused-ring (bicyclic) bond motifs is 1. The van der Waals surface area contributed by atoms with Gasteiger partial charge in [0.05, 0.1) is 18.0 Å². The molecule has 1 aliphatic heterocycles. The monoisotopic (exact) mass is 520 g/mol. The lowest BCUT2D eigenvalue weighted by atomic mass is 10.2. The largest absolute Gasteiger partial charge is 0.357 e. The summed E-state index contributed by atoms with van der Waals surface area (Å²) in [6.45, 7) is 4.13. The van der Waals surface area contributed by atoms with Gasteiger partial charge < -0.3 is 10.6 Å². The van der Waals surface area contributed by atoms with Gasteiger partial charge >= 0.3 is 0 Å². The van der Waals surface area contributed by atoms with Gasteiger partial charge in [-0.25, -0.2) is 13.4 Å². The molecule has 0 fully saturated rings. The maximum absolute atomic E-state index is 12.7. The molecule has 0 spiro atoms. The molecule has 3 rings (SSSR count). The van der Waals surface area contributed by atoms with Gasteiger partial charge in [0, 0.05) is 24.5 Å². The molecule has 1 aliphatic rings. The number of guanidine groups is 1. The van der Waals surface area contributed by atoms with E-state index in [1.807, 2.05) is 48.7 Å². The number of hydrogen-bond acceptors (Lipinski definition) is 4. The van der Waals surface area contributed by atoms with Crippen molar-refractivity contribution in [3.05, 3.63) is 52.2 Å². The van der Waals surface area contributed by atoms with E-state index >= 15 is 0 Å². The molecular formula is C18H25IN4O2S2. The molecule has 0 bridgehead atoms. The van der Waals surface area contributed by atoms with Gasteiger partial charge in [-0.1, -0.05) is 24.3 Å². The zero-order chi connectivity index (χ0) is 18.4. The summed E-state index contributed by atoms with van der Waals surface area (Å²) in [5.41, 5.74) is 1.90. The molecule has 2 aromatic rings. The fraction of sp³-hybridized carbons (Fsp3) is 0.389. The summed E-state index contributed by atoms with van der Waals surface area (Å²) in [6.07, 6.45) is 0.772. The molecule has 0 saturated carbocycles. The van der Waals surface area contributed by atoms with Crippen LogP contribution in [0.5, 0.6) is 0 Å². The molecule has 1 aromatic carbocycles. The van der Waals surface area contributed by atoms with E-state index in [4.69, 9.17) is 0 Å². The van der Waals surface area contributed by atoms with Crippen LogP contribution in [-0.4, -0.2) is 39.8 Å². The van der Waals surface area contributed by atoms with E-state index in [-0.39, 0.29) is 29.7 Å². The van der Waals surface area contributed by atoms with E-state index in [0.717, 1.165) is 24.2 Å². The Labute approximate surface area is 182 Å². The van der Waals surface area contributed by atoms with Gasteiger partial charge in [-0.15, -0.1) is 35.3 Å². The number of nitrogens with one attached hydrogen (secondary N) is 2. The fourth-order valence-corrected chi connectivity index (χ4v) is 4.96. The van der Waals surface area contributed by atoms with Gasteiger partial charge in [0.2, 0.25) is 10.0 Å². The number of anilines is 1. The molecule has 0 unspecified atom stereocenters. The highest BCUT2D eigenvalue weighted by molar-refractivity contribution is 14.0. The standard InChI is InChI=1S/C18H24N4O2S2.HI/c1-2-19-18(21-14-16-7-5-12-25-16)20-10-13-26(23,24)22-11-9-15-6-3-4-8-17(15)22;/h3-8,12H,2,9-11,13-14H2,1H3,(H2,19,20,21);1H. The predicted octanol–water partition coefficient (Wildman–Crippen LogP) is 2.81. The number of thiophene rings is 1. The van der Waals surface area contributed by atoms with Crippen LogP contribution in [0.25, 0.3) is 0 Å². The average molecular weight is 520 g/mol. The van der Waals surface area contributed by atoms with E-state index in [9.17, 15) is 8.42 Å². The summed E-state index contributed by atoms with van der Waals surface area (Å²) < 4.78 is 26.9. The molecule has 0 saturated heterocycles. The van der Waals surface area contributed by atoms with Crippen LogP contribution in [0.15, 0.2) is 46.8 Å². The van der Waals surface area contributed by atoms with E-state index in [2.05, 4.69) is 15.6 Å². The summed E-state index contributed by atoms with van der Waals surface area (Å²) in [6, 6.07) is 11.7. The van der Waals surface area contributed by atoms with Crippen molar-refractivity contribution in [2.24, 2.45) is 4.99 Å². The number of sulfonamides is 1. The first-order chi connectivity index (χ1) is 12.6. The second-order valence-electron chi connectivity index (χ2n) is 5.97. The highest BCUT2D eigenvalue weighted by Gasteiger charge is 2.28. The Morgan fingerprint density at radius 3 is 2.78 bits per heavy atom. The highest BCUT2D eigenvalue weighted by Crippen LogP contribution is 2.29. The molecule has 148 valence electrons. The Morgan fingerprint density at radius 2 is 2.04 bits per heavy atom. The van der Waals surface area contributed by atoms with Crippen molar-refractivity contribution in [2.75, 3.05) is 29.7 Å². The lowest BCUT2D eigenvalue weighted by Crippen LogP contribution is -2.42. The summed E-state index contributed by atoms with van der Waals surface area (Å²) in [5, 5.41) is 8.30. The van der Waals surface area contributed by atoms with E-state index in [1.54, 1.807) is 11.3 Å². The van der Waals surface area contributed by atoms with Gasteiger partial charge in [0.25, 0.3) is 0 Å². The minimum atomic E-state index is -3.35. The van der Waals surface area contributed by atoms with Crippen LogP contribution in [0.2, 0.25) is 0 Å². The third-order valence-corrected chi connectivity index (χ3v) is 6.78. The van der Waals surface area contributed by atoms with Crippen LogP contribution in [0.1, 0.15) is 17.4 Å². The Balaban J connectivity index is 0.00000261. The van der Waals surface area contributed by atoms with E-state index in [1.165, 1.54) is 9.18 Å². The van der Waals surface area contributed by atoms with Crippen LogP contribution < -0.4 is 14.9 Å². The lowest BCUT2D eigenvalue weighted by Gasteiger charge is -2.20. The Kier molecular flexibility index (Phi) is 8.36. The number of hydrogen-bond donors (Lipinski definition) is 2. The number of benzene rings is 1. The van der Waals surface area contributed by atoms with Crippen molar-refractivity contribution < 1.29 is 8.42 Å². The van der Waals surface area contributed by atoms with E-state index < -0.39 is 10.0 Å². The third-order valence-electron chi connectivity index (χ3n) is 4.15. The van der Waals surface area contributed by atoms with Gasteiger partial charge in [-0.2, -0.15) is 0 Å². The summed E-state index contributed by atoms with van der Waals surface area (Å²) in [7, 11) is -3.35. The van der Waals surface area contributed by atoms with Crippen LogP contribution in [-0.2, 0) is 23.0 Å². The van der Waals surface area contributed by atoms with Crippen molar-refractivity contribution in [1.82, 2.24) is 10.6 Å².